The number of rotatable bonds is 5. The Morgan fingerprint density at radius 1 is 0.944 bits per heavy atom. The maximum Gasteiger partial charge on any atom is 0.0464 e. The van der Waals surface area contributed by atoms with Crippen molar-refractivity contribution in [1.29, 1.82) is 0 Å². The van der Waals surface area contributed by atoms with Gasteiger partial charge in [-0.05, 0) is 77.2 Å². The van der Waals surface area contributed by atoms with E-state index >= 15 is 0 Å². The van der Waals surface area contributed by atoms with Crippen molar-refractivity contribution < 1.29 is 4.74 Å². The number of hydrogen-bond donors (Lipinski definition) is 0. The van der Waals surface area contributed by atoms with Crippen molar-refractivity contribution in [1.82, 2.24) is 9.80 Å². The largest absolute Gasteiger partial charge is 0.385 e. The number of ether oxygens (including phenoxy) is 1. The van der Waals surface area contributed by atoms with Crippen molar-refractivity contribution in [2.24, 2.45) is 11.8 Å². The first-order valence-electron chi connectivity index (χ1n) is 7.67. The second-order valence-electron chi connectivity index (χ2n) is 6.27. The quantitative estimate of drug-likeness (QED) is 0.747. The molecule has 106 valence electrons. The SMILES string of the molecule is COCCC1CCN(CC2CCN(C)CC2)CC1. The van der Waals surface area contributed by atoms with Gasteiger partial charge >= 0.3 is 0 Å². The summed E-state index contributed by atoms with van der Waals surface area (Å²) in [6.45, 7) is 7.54. The first-order valence-corrected chi connectivity index (χ1v) is 7.67. The van der Waals surface area contributed by atoms with E-state index in [1.165, 1.54) is 64.8 Å². The summed E-state index contributed by atoms with van der Waals surface area (Å²) in [5, 5.41) is 0. The summed E-state index contributed by atoms with van der Waals surface area (Å²) >= 11 is 0. The lowest BCUT2D eigenvalue weighted by molar-refractivity contribution is 0.109. The molecule has 3 heteroatoms. The van der Waals surface area contributed by atoms with Crippen LogP contribution in [-0.2, 0) is 4.74 Å². The van der Waals surface area contributed by atoms with Crippen LogP contribution in [0.3, 0.4) is 0 Å². The highest BCUT2D eigenvalue weighted by atomic mass is 16.5. The number of methoxy groups -OCH3 is 1. The molecular weight excluding hydrogens is 224 g/mol. The minimum Gasteiger partial charge on any atom is -0.385 e. The monoisotopic (exact) mass is 254 g/mol. The zero-order valence-corrected chi connectivity index (χ0v) is 12.2. The van der Waals surface area contributed by atoms with Gasteiger partial charge in [-0.25, -0.2) is 0 Å². The zero-order chi connectivity index (χ0) is 12.8. The van der Waals surface area contributed by atoms with Crippen molar-refractivity contribution in [2.45, 2.75) is 32.1 Å². The first kappa shape index (κ1) is 14.3. The van der Waals surface area contributed by atoms with Gasteiger partial charge in [0, 0.05) is 20.3 Å². The molecule has 2 aliphatic rings. The molecule has 2 fully saturated rings. The van der Waals surface area contributed by atoms with Crippen molar-refractivity contribution in [2.75, 3.05) is 53.5 Å². The number of likely N-dealkylation sites (tertiary alicyclic amines) is 2. The zero-order valence-electron chi connectivity index (χ0n) is 12.2. The van der Waals surface area contributed by atoms with Gasteiger partial charge in [-0.1, -0.05) is 0 Å². The third kappa shape index (κ3) is 4.52. The van der Waals surface area contributed by atoms with Crippen molar-refractivity contribution in [3.63, 3.8) is 0 Å². The third-order valence-corrected chi connectivity index (χ3v) is 4.79. The Bertz CT molecular complexity index is 219. The fourth-order valence-electron chi connectivity index (χ4n) is 3.35. The standard InChI is InChI=1S/C15H30N2O/c1-16-8-3-15(4-9-16)13-17-10-5-14(6-11-17)7-12-18-2/h14-15H,3-13H2,1-2H3. The summed E-state index contributed by atoms with van der Waals surface area (Å²) in [7, 11) is 4.06. The van der Waals surface area contributed by atoms with E-state index in [2.05, 4.69) is 16.8 Å². The highest BCUT2D eigenvalue weighted by Gasteiger charge is 2.23. The number of nitrogens with zero attached hydrogens (tertiary/aromatic N) is 2. The lowest BCUT2D eigenvalue weighted by Crippen LogP contribution is -2.40. The predicted octanol–water partition coefficient (Wildman–Crippen LogP) is 2.08. The van der Waals surface area contributed by atoms with Crippen molar-refractivity contribution in [3.8, 4) is 0 Å². The lowest BCUT2D eigenvalue weighted by atomic mass is 9.91. The molecule has 0 unspecified atom stereocenters. The smallest absolute Gasteiger partial charge is 0.0464 e. The van der Waals surface area contributed by atoms with E-state index in [0.29, 0.717) is 0 Å². The average Bonchev–Trinajstić information content (AvgIpc) is 2.41. The van der Waals surface area contributed by atoms with Crippen LogP contribution in [0.25, 0.3) is 0 Å². The topological polar surface area (TPSA) is 15.7 Å². The van der Waals surface area contributed by atoms with E-state index in [-0.39, 0.29) is 0 Å². The Balaban J connectivity index is 1.61. The van der Waals surface area contributed by atoms with Crippen molar-refractivity contribution in [3.05, 3.63) is 0 Å². The molecule has 0 aromatic carbocycles. The summed E-state index contributed by atoms with van der Waals surface area (Å²) in [6, 6.07) is 0. The van der Waals surface area contributed by atoms with Gasteiger partial charge in [-0.3, -0.25) is 0 Å². The summed E-state index contributed by atoms with van der Waals surface area (Å²) in [6.07, 6.45) is 6.84. The van der Waals surface area contributed by atoms with Gasteiger partial charge in [0.05, 0.1) is 0 Å². The molecule has 0 amide bonds. The fraction of sp³-hybridized carbons (Fsp3) is 1.00. The highest BCUT2D eigenvalue weighted by molar-refractivity contribution is 4.77. The molecule has 2 saturated heterocycles. The molecule has 18 heavy (non-hydrogen) atoms. The molecule has 0 aliphatic carbocycles. The van der Waals surface area contributed by atoms with Crippen LogP contribution in [0.1, 0.15) is 32.1 Å². The van der Waals surface area contributed by atoms with Crippen LogP contribution >= 0.6 is 0 Å². The highest BCUT2D eigenvalue weighted by Crippen LogP contribution is 2.23. The molecule has 0 spiro atoms. The van der Waals surface area contributed by atoms with E-state index < -0.39 is 0 Å². The van der Waals surface area contributed by atoms with E-state index in [1.807, 2.05) is 7.11 Å². The summed E-state index contributed by atoms with van der Waals surface area (Å²) in [4.78, 5) is 5.17. The summed E-state index contributed by atoms with van der Waals surface area (Å²) in [5.41, 5.74) is 0. The van der Waals surface area contributed by atoms with Gasteiger partial charge in [0.15, 0.2) is 0 Å². The van der Waals surface area contributed by atoms with Crippen LogP contribution in [-0.4, -0.2) is 63.3 Å². The molecule has 0 atom stereocenters. The predicted molar refractivity (Wildman–Crippen MR) is 75.9 cm³/mol. The van der Waals surface area contributed by atoms with Gasteiger partial charge in [-0.2, -0.15) is 0 Å². The number of hydrogen-bond acceptors (Lipinski definition) is 3. The average molecular weight is 254 g/mol. The Morgan fingerprint density at radius 2 is 1.56 bits per heavy atom. The van der Waals surface area contributed by atoms with E-state index in [9.17, 15) is 0 Å². The van der Waals surface area contributed by atoms with E-state index in [0.717, 1.165) is 18.4 Å². The molecule has 0 radical (unpaired) electrons. The Labute approximate surface area is 112 Å². The lowest BCUT2D eigenvalue weighted by Gasteiger charge is -2.36. The number of piperidine rings is 2. The van der Waals surface area contributed by atoms with Gasteiger partial charge < -0.3 is 14.5 Å². The first-order chi connectivity index (χ1) is 8.78. The molecule has 0 aromatic rings. The minimum absolute atomic E-state index is 0.915. The normalized spacial score (nSPS) is 25.7. The van der Waals surface area contributed by atoms with Gasteiger partial charge in [0.2, 0.25) is 0 Å². The van der Waals surface area contributed by atoms with Crippen LogP contribution < -0.4 is 0 Å². The fourth-order valence-corrected chi connectivity index (χ4v) is 3.35. The Morgan fingerprint density at radius 3 is 2.17 bits per heavy atom. The molecule has 0 bridgehead atoms. The van der Waals surface area contributed by atoms with Crippen LogP contribution in [0.2, 0.25) is 0 Å². The molecule has 2 aliphatic heterocycles. The van der Waals surface area contributed by atoms with Crippen LogP contribution in [0, 0.1) is 11.8 Å². The third-order valence-electron chi connectivity index (χ3n) is 4.79. The second kappa shape index (κ2) is 7.46. The molecule has 0 saturated carbocycles. The van der Waals surface area contributed by atoms with Gasteiger partial charge in [0.1, 0.15) is 0 Å². The Kier molecular flexibility index (Phi) is 5.93. The molecule has 2 rings (SSSR count). The maximum absolute atomic E-state index is 5.18. The Hall–Kier alpha value is -0.120. The molecular formula is C15H30N2O. The molecule has 3 nitrogen and oxygen atoms in total. The van der Waals surface area contributed by atoms with Crippen LogP contribution in [0.15, 0.2) is 0 Å². The molecule has 0 N–H and O–H groups in total. The summed E-state index contributed by atoms with van der Waals surface area (Å²) < 4.78 is 5.18. The summed E-state index contributed by atoms with van der Waals surface area (Å²) in [5.74, 6) is 1.87. The molecule has 0 aromatic heterocycles. The van der Waals surface area contributed by atoms with E-state index in [4.69, 9.17) is 4.74 Å². The second-order valence-corrected chi connectivity index (χ2v) is 6.27. The van der Waals surface area contributed by atoms with Crippen molar-refractivity contribution >= 4 is 0 Å². The molecule has 2 heterocycles. The van der Waals surface area contributed by atoms with Gasteiger partial charge in [0.25, 0.3) is 0 Å². The van der Waals surface area contributed by atoms with Crippen LogP contribution in [0.5, 0.6) is 0 Å². The van der Waals surface area contributed by atoms with E-state index in [1.54, 1.807) is 0 Å². The van der Waals surface area contributed by atoms with Gasteiger partial charge in [-0.15, -0.1) is 0 Å². The maximum atomic E-state index is 5.18. The minimum atomic E-state index is 0.915. The van der Waals surface area contributed by atoms with Crippen LogP contribution in [0.4, 0.5) is 0 Å².